The van der Waals surface area contributed by atoms with Crippen LogP contribution in [0.15, 0.2) is 9.49 Å². The van der Waals surface area contributed by atoms with Gasteiger partial charge in [-0.05, 0) is 33.4 Å². The van der Waals surface area contributed by atoms with E-state index in [2.05, 4.69) is 48.9 Å². The average molecular weight is 599 g/mol. The fourth-order valence-corrected chi connectivity index (χ4v) is 5.67. The molecule has 0 aromatic carbocycles. The van der Waals surface area contributed by atoms with Crippen LogP contribution in [0.3, 0.4) is 0 Å². The van der Waals surface area contributed by atoms with Gasteiger partial charge in [-0.1, -0.05) is 25.3 Å². The highest BCUT2D eigenvalue weighted by atomic mass is 32.4. The van der Waals surface area contributed by atoms with Crippen LogP contribution in [0, 0.1) is 11.8 Å². The van der Waals surface area contributed by atoms with Crippen LogP contribution in [0.25, 0.3) is 0 Å². The van der Waals surface area contributed by atoms with E-state index in [-0.39, 0.29) is 32.3 Å². The SMILES string of the molecule is C=P[P+](P)=NCC(C)C(=O)N(C)[C@@H](C)C(OPP)C(C)O.C=P[P+](P)=NCC(C)C(=O)O. The molecule has 16 heteroatoms. The van der Waals surface area contributed by atoms with Crippen LogP contribution in [0.4, 0.5) is 0 Å². The number of carbonyl (C=O) groups excluding carboxylic acids is 1. The summed E-state index contributed by atoms with van der Waals surface area (Å²) in [5.41, 5.74) is 0. The zero-order valence-electron chi connectivity index (χ0n) is 19.2. The lowest BCUT2D eigenvalue weighted by atomic mass is 10.0. The summed E-state index contributed by atoms with van der Waals surface area (Å²) < 4.78 is 14.1. The molecule has 0 heterocycles. The van der Waals surface area contributed by atoms with Crippen LogP contribution < -0.4 is 0 Å². The second kappa shape index (κ2) is 20.3. The van der Waals surface area contributed by atoms with Crippen LogP contribution in [0.2, 0.25) is 0 Å². The van der Waals surface area contributed by atoms with Gasteiger partial charge in [0.2, 0.25) is 5.91 Å². The maximum atomic E-state index is 12.4. The summed E-state index contributed by atoms with van der Waals surface area (Å²) in [6.45, 7) is 7.99. The van der Waals surface area contributed by atoms with Crippen molar-refractivity contribution >= 4 is 89.7 Å². The Morgan fingerprint density at radius 3 is 1.88 bits per heavy atom. The fraction of sp³-hybridized carbons (Fsp3) is 0.750. The van der Waals surface area contributed by atoms with Gasteiger partial charge in [-0.3, -0.25) is 9.59 Å². The molecule has 0 radical (unpaired) electrons. The van der Waals surface area contributed by atoms with Crippen LogP contribution >= 0.6 is 65.2 Å². The lowest BCUT2D eigenvalue weighted by Gasteiger charge is -2.34. The van der Waals surface area contributed by atoms with Gasteiger partial charge >= 0.3 is 5.97 Å². The first-order chi connectivity index (χ1) is 14.8. The lowest BCUT2D eigenvalue weighted by Crippen LogP contribution is -2.49. The number of rotatable bonds is 13. The number of aliphatic hydroxyl groups excluding tert-OH is 1. The Morgan fingerprint density at radius 2 is 1.53 bits per heavy atom. The number of hydrogen-bond donors (Lipinski definition) is 2. The Balaban J connectivity index is 0. The molecule has 0 aromatic rings. The second-order valence-electron chi connectivity index (χ2n) is 6.84. The summed E-state index contributed by atoms with van der Waals surface area (Å²) in [6.07, 6.45) is 6.40. The molecular weight excluding hydrogens is 562 g/mol. The van der Waals surface area contributed by atoms with Gasteiger partial charge in [-0.2, -0.15) is 0 Å². The van der Waals surface area contributed by atoms with E-state index in [9.17, 15) is 14.7 Å². The number of nitrogens with zero attached hydrogens (tertiary/aromatic N) is 3. The third-order valence-corrected chi connectivity index (χ3v) is 13.0. The fourth-order valence-electron chi connectivity index (χ4n) is 2.11. The number of carboxylic acid groups (broad SMARTS) is 1. The molecule has 0 saturated carbocycles. The number of hydrogen-bond acceptors (Lipinski definition) is 6. The monoisotopic (exact) mass is 599 g/mol. The Kier molecular flexibility index (Phi) is 22.4. The topological polar surface area (TPSA) is 112 Å². The van der Waals surface area contributed by atoms with Crippen LogP contribution in [0.1, 0.15) is 27.7 Å². The quantitative estimate of drug-likeness (QED) is 0.259. The van der Waals surface area contributed by atoms with E-state index in [0.717, 1.165) is 15.8 Å². The Bertz CT molecular complexity index is 680. The molecule has 10 unspecified atom stereocenters. The van der Waals surface area contributed by atoms with Gasteiger partial charge in [0.25, 0.3) is 14.2 Å². The number of carbonyl (C=O) groups is 2. The van der Waals surface area contributed by atoms with E-state index in [1.807, 2.05) is 13.8 Å². The zero-order valence-corrected chi connectivity index (χ0v) is 27.2. The van der Waals surface area contributed by atoms with Gasteiger partial charge < -0.3 is 19.6 Å². The first-order valence-electron chi connectivity index (χ1n) is 9.50. The maximum Gasteiger partial charge on any atom is 0.308 e. The third kappa shape index (κ3) is 15.9. The van der Waals surface area contributed by atoms with Crippen molar-refractivity contribution in [2.45, 2.75) is 45.9 Å². The Labute approximate surface area is 206 Å². The van der Waals surface area contributed by atoms with Crippen molar-refractivity contribution in [2.24, 2.45) is 21.3 Å². The molecule has 0 rings (SSSR count). The van der Waals surface area contributed by atoms with Crippen molar-refractivity contribution in [2.75, 3.05) is 20.1 Å². The molecule has 0 bridgehead atoms. The Morgan fingerprint density at radius 1 is 1.09 bits per heavy atom. The van der Waals surface area contributed by atoms with Crippen LogP contribution in [-0.2, 0) is 14.1 Å². The second-order valence-corrected chi connectivity index (χ2v) is 20.1. The summed E-state index contributed by atoms with van der Waals surface area (Å²) in [4.78, 5) is 24.4. The summed E-state index contributed by atoms with van der Waals surface area (Å²) in [5, 5.41) is 18.3. The van der Waals surface area contributed by atoms with Gasteiger partial charge in [-0.15, -0.1) is 0 Å². The van der Waals surface area contributed by atoms with Crippen molar-refractivity contribution in [1.29, 1.82) is 0 Å². The molecule has 0 aromatic heterocycles. The van der Waals surface area contributed by atoms with Gasteiger partial charge in [0.15, 0.2) is 15.8 Å². The van der Waals surface area contributed by atoms with Gasteiger partial charge in [-0.25, -0.2) is 0 Å². The third-order valence-electron chi connectivity index (χ3n) is 4.25. The van der Waals surface area contributed by atoms with Crippen molar-refractivity contribution in [1.82, 2.24) is 4.90 Å². The van der Waals surface area contributed by atoms with Crippen LogP contribution in [-0.4, -0.2) is 78.0 Å². The summed E-state index contributed by atoms with van der Waals surface area (Å²) in [7, 11) is 10.6. The average Bonchev–Trinajstić information content (AvgIpc) is 2.77. The molecule has 0 fully saturated rings. The molecule has 32 heavy (non-hydrogen) atoms. The highest BCUT2D eigenvalue weighted by Crippen LogP contribution is 2.48. The minimum atomic E-state index is -0.789. The number of carboxylic acids is 1. The molecule has 0 aliphatic rings. The minimum absolute atomic E-state index is 0.0155. The predicted molar refractivity (Wildman–Crippen MR) is 159 cm³/mol. The highest BCUT2D eigenvalue weighted by molar-refractivity contribution is 8.42. The van der Waals surface area contributed by atoms with E-state index >= 15 is 0 Å². The minimum Gasteiger partial charge on any atom is -0.481 e. The Hall–Kier alpha value is 1.12. The van der Waals surface area contributed by atoms with E-state index in [1.165, 1.54) is 0 Å². The first kappa shape index (κ1) is 35.3. The molecule has 11 atom stereocenters. The standard InChI is InChI=1S/C11H26N2O3P5.C5H10NO2P3/c1-7(6-12-21(18)19-5)11(15)13(4)8(2)10(9(3)14)16-20-17;1-4(5(7)8)3-6-11(9)10-2/h7-10,14,20H,5-6,17-18H2,1-4H3;4H,2-3,9H2,1H3/q+1;/p+1/t7?,8-,9?,10?;/m0./s1. The molecular formula is C16H37N3O5P8+2. The maximum absolute atomic E-state index is 12.4. The summed E-state index contributed by atoms with van der Waals surface area (Å²) >= 11 is 0. The predicted octanol–water partition coefficient (Wildman–Crippen LogP) is 5.82. The molecule has 1 amide bonds. The van der Waals surface area contributed by atoms with E-state index in [4.69, 9.17) is 9.63 Å². The van der Waals surface area contributed by atoms with Crippen LogP contribution in [0.5, 0.6) is 0 Å². The molecule has 0 aliphatic heterocycles. The highest BCUT2D eigenvalue weighted by Gasteiger charge is 2.30. The molecule has 0 saturated heterocycles. The normalized spacial score (nSPS) is 17.4. The smallest absolute Gasteiger partial charge is 0.308 e. The number of amides is 1. The first-order valence-corrected chi connectivity index (χ1v) is 21.6. The van der Waals surface area contributed by atoms with Gasteiger partial charge in [0.1, 0.15) is 24.0 Å². The number of aliphatic carboxylic acids is 1. The largest absolute Gasteiger partial charge is 0.481 e. The molecule has 2 N–H and O–H groups in total. The molecule has 8 nitrogen and oxygen atoms in total. The number of likely N-dealkylation sites (N-methyl/N-ethyl adjacent to an activating group) is 1. The zero-order chi connectivity index (χ0) is 25.4. The van der Waals surface area contributed by atoms with Crippen molar-refractivity contribution in [3.8, 4) is 0 Å². The summed E-state index contributed by atoms with van der Waals surface area (Å²) in [6, 6.07) is -0.198. The summed E-state index contributed by atoms with van der Waals surface area (Å²) in [5.74, 6) is -1.33. The van der Waals surface area contributed by atoms with Crippen molar-refractivity contribution in [3.05, 3.63) is 0 Å². The molecule has 0 aliphatic carbocycles. The van der Waals surface area contributed by atoms with E-state index in [0.29, 0.717) is 13.1 Å². The van der Waals surface area contributed by atoms with Crippen molar-refractivity contribution in [3.63, 3.8) is 0 Å². The number of aliphatic hydroxyl groups is 1. The van der Waals surface area contributed by atoms with E-state index < -0.39 is 32.4 Å². The lowest BCUT2D eigenvalue weighted by molar-refractivity contribution is -0.140. The van der Waals surface area contributed by atoms with Gasteiger partial charge in [0, 0.05) is 15.5 Å². The molecule has 0 spiro atoms. The van der Waals surface area contributed by atoms with E-state index in [1.54, 1.807) is 25.8 Å². The van der Waals surface area contributed by atoms with Crippen molar-refractivity contribution < 1.29 is 24.3 Å². The molecule has 184 valence electrons. The van der Waals surface area contributed by atoms with Gasteiger partial charge in [0.05, 0.1) is 37.1 Å².